The molecule has 144 valence electrons. The quantitative estimate of drug-likeness (QED) is 0.425. The minimum atomic E-state index is -0.586. The maximum Gasteiger partial charge on any atom is 0.293 e. The van der Waals surface area contributed by atoms with Crippen LogP contribution in [0.4, 0.5) is 11.4 Å². The molecule has 3 rings (SSSR count). The number of nitrogens with one attached hydrogen (secondary N) is 2. The van der Waals surface area contributed by atoms with Crippen LogP contribution in [0.15, 0.2) is 24.4 Å². The zero-order valence-corrected chi connectivity index (χ0v) is 15.0. The number of carbonyl (C=O) groups is 1. The molecular weight excluding hydrogens is 366 g/mol. The summed E-state index contributed by atoms with van der Waals surface area (Å²) in [5.41, 5.74) is 0.142. The number of nitrogens with zero attached hydrogens (tertiary/aromatic N) is 7. The second-order valence-corrected chi connectivity index (χ2v) is 6.13. The molecule has 2 heterocycles. The molecule has 1 aliphatic rings. The van der Waals surface area contributed by atoms with Crippen LogP contribution >= 0.6 is 0 Å². The van der Waals surface area contributed by atoms with E-state index in [-0.39, 0.29) is 34.2 Å². The van der Waals surface area contributed by atoms with Crippen LogP contribution in [-0.2, 0) is 0 Å². The molecule has 12 nitrogen and oxygen atoms in total. The summed E-state index contributed by atoms with van der Waals surface area (Å²) in [5, 5.41) is 36.3. The number of hydrogen-bond donors (Lipinski definition) is 2. The van der Waals surface area contributed by atoms with Crippen molar-refractivity contribution in [2.24, 2.45) is 0 Å². The largest absolute Gasteiger partial charge is 0.355 e. The molecule has 0 atom stereocenters. The fraction of sp³-hybridized carbons (Fsp3) is 0.312. The molecule has 1 aromatic heterocycles. The number of amides is 1. The maximum absolute atomic E-state index is 12.6. The van der Waals surface area contributed by atoms with Gasteiger partial charge in [0.1, 0.15) is 17.3 Å². The second kappa shape index (κ2) is 8.23. The van der Waals surface area contributed by atoms with Gasteiger partial charge in [0, 0.05) is 44.0 Å². The number of rotatable bonds is 5. The van der Waals surface area contributed by atoms with Crippen LogP contribution in [0.3, 0.4) is 0 Å². The zero-order valence-electron chi connectivity index (χ0n) is 15.0. The van der Waals surface area contributed by atoms with Crippen molar-refractivity contribution in [1.29, 1.82) is 5.26 Å². The van der Waals surface area contributed by atoms with Crippen molar-refractivity contribution >= 4 is 22.9 Å². The van der Waals surface area contributed by atoms with Gasteiger partial charge >= 0.3 is 0 Å². The molecular formula is C16H17N9O3. The number of aromatic nitrogens is 4. The summed E-state index contributed by atoms with van der Waals surface area (Å²) in [5.74, 6) is -0.192. The van der Waals surface area contributed by atoms with E-state index in [9.17, 15) is 14.9 Å². The van der Waals surface area contributed by atoms with Crippen LogP contribution < -0.4 is 5.32 Å². The molecule has 2 aromatic rings. The van der Waals surface area contributed by atoms with Gasteiger partial charge < -0.3 is 15.1 Å². The van der Waals surface area contributed by atoms with Crippen LogP contribution in [0.25, 0.3) is 5.57 Å². The first-order valence-electron chi connectivity index (χ1n) is 8.36. The van der Waals surface area contributed by atoms with E-state index in [1.165, 1.54) is 24.4 Å². The smallest absolute Gasteiger partial charge is 0.293 e. The second-order valence-electron chi connectivity index (χ2n) is 6.13. The van der Waals surface area contributed by atoms with E-state index >= 15 is 0 Å². The molecule has 1 aliphatic heterocycles. The Kier molecular flexibility index (Phi) is 5.56. The third-order valence-electron chi connectivity index (χ3n) is 4.31. The van der Waals surface area contributed by atoms with Crippen LogP contribution in [0.5, 0.6) is 0 Å². The fourth-order valence-corrected chi connectivity index (χ4v) is 2.70. The van der Waals surface area contributed by atoms with Gasteiger partial charge in [0.2, 0.25) is 5.82 Å². The SMILES string of the molecule is CN1CCN(C(=O)c2ccc(NC=C(C#N)c3nn[nH]n3)c([N+](=O)[O-])c2)CC1. The summed E-state index contributed by atoms with van der Waals surface area (Å²) < 4.78 is 0. The average Bonchev–Trinajstić information content (AvgIpc) is 3.23. The number of tetrazole rings is 1. The highest BCUT2D eigenvalue weighted by Gasteiger charge is 2.23. The average molecular weight is 383 g/mol. The molecule has 0 spiro atoms. The summed E-state index contributed by atoms with van der Waals surface area (Å²) in [7, 11) is 1.98. The minimum absolute atomic E-state index is 0.0423. The summed E-state index contributed by atoms with van der Waals surface area (Å²) in [6.45, 7) is 2.65. The lowest BCUT2D eigenvalue weighted by atomic mass is 10.1. The van der Waals surface area contributed by atoms with Gasteiger partial charge in [-0.1, -0.05) is 0 Å². The first-order valence-corrected chi connectivity index (χ1v) is 8.36. The van der Waals surface area contributed by atoms with Gasteiger partial charge in [-0.25, -0.2) is 0 Å². The molecule has 0 aliphatic carbocycles. The normalized spacial score (nSPS) is 15.1. The van der Waals surface area contributed by atoms with Crippen molar-refractivity contribution < 1.29 is 9.72 Å². The van der Waals surface area contributed by atoms with Crippen LogP contribution in [0, 0.1) is 21.4 Å². The summed E-state index contributed by atoms with van der Waals surface area (Å²) in [6.07, 6.45) is 1.25. The number of nitro benzene ring substituents is 1. The molecule has 2 N–H and O–H groups in total. The molecule has 1 fully saturated rings. The molecule has 0 radical (unpaired) electrons. The first-order chi connectivity index (χ1) is 13.5. The van der Waals surface area contributed by atoms with Crippen molar-refractivity contribution in [3.63, 3.8) is 0 Å². The van der Waals surface area contributed by atoms with E-state index in [0.29, 0.717) is 13.1 Å². The van der Waals surface area contributed by atoms with Crippen molar-refractivity contribution in [3.05, 3.63) is 45.9 Å². The predicted octanol–water partition coefficient (Wildman–Crippen LogP) is 0.472. The van der Waals surface area contributed by atoms with E-state index in [4.69, 9.17) is 5.26 Å². The summed E-state index contributed by atoms with van der Waals surface area (Å²) in [4.78, 5) is 27.3. The van der Waals surface area contributed by atoms with Gasteiger partial charge in [0.05, 0.1) is 4.92 Å². The molecule has 1 saturated heterocycles. The van der Waals surface area contributed by atoms with Gasteiger partial charge in [-0.3, -0.25) is 14.9 Å². The lowest BCUT2D eigenvalue weighted by molar-refractivity contribution is -0.383. The van der Waals surface area contributed by atoms with Crippen molar-refractivity contribution in [2.75, 3.05) is 38.5 Å². The number of allylic oxidation sites excluding steroid dienone is 1. The van der Waals surface area contributed by atoms with Gasteiger partial charge in [0.15, 0.2) is 0 Å². The van der Waals surface area contributed by atoms with Crippen LogP contribution in [0.1, 0.15) is 16.2 Å². The van der Waals surface area contributed by atoms with Crippen molar-refractivity contribution in [3.8, 4) is 6.07 Å². The van der Waals surface area contributed by atoms with E-state index in [1.807, 2.05) is 13.1 Å². The van der Waals surface area contributed by atoms with Gasteiger partial charge in [-0.05, 0) is 24.4 Å². The Labute approximate surface area is 159 Å². The molecule has 0 bridgehead atoms. The number of likely N-dealkylation sites (N-methyl/N-ethyl adjacent to an activating group) is 1. The Hall–Kier alpha value is -3.85. The number of nitro groups is 1. The molecule has 1 aromatic carbocycles. The third kappa shape index (κ3) is 4.10. The monoisotopic (exact) mass is 383 g/mol. The highest BCUT2D eigenvalue weighted by atomic mass is 16.6. The molecule has 0 saturated carbocycles. The van der Waals surface area contributed by atoms with E-state index in [2.05, 4.69) is 30.8 Å². The van der Waals surface area contributed by atoms with E-state index in [1.54, 1.807) is 4.90 Å². The van der Waals surface area contributed by atoms with Crippen LogP contribution in [0.2, 0.25) is 0 Å². The number of anilines is 1. The summed E-state index contributed by atoms with van der Waals surface area (Å²) in [6, 6.07) is 6.06. The Morgan fingerprint density at radius 1 is 1.39 bits per heavy atom. The van der Waals surface area contributed by atoms with Crippen LogP contribution in [-0.4, -0.2) is 74.5 Å². The number of aromatic amines is 1. The number of nitriles is 1. The Balaban J connectivity index is 1.82. The van der Waals surface area contributed by atoms with E-state index < -0.39 is 4.92 Å². The number of carbonyl (C=O) groups excluding carboxylic acids is 1. The molecule has 0 unspecified atom stereocenters. The van der Waals surface area contributed by atoms with E-state index in [0.717, 1.165) is 13.1 Å². The van der Waals surface area contributed by atoms with Gasteiger partial charge in [-0.15, -0.1) is 10.2 Å². The number of H-pyrrole nitrogens is 1. The van der Waals surface area contributed by atoms with Gasteiger partial charge in [-0.2, -0.15) is 10.5 Å². The highest BCUT2D eigenvalue weighted by Crippen LogP contribution is 2.27. The lowest BCUT2D eigenvalue weighted by Gasteiger charge is -2.32. The Morgan fingerprint density at radius 3 is 2.75 bits per heavy atom. The molecule has 12 heteroatoms. The number of benzene rings is 1. The lowest BCUT2D eigenvalue weighted by Crippen LogP contribution is -2.47. The predicted molar refractivity (Wildman–Crippen MR) is 97.9 cm³/mol. The number of piperazine rings is 1. The van der Waals surface area contributed by atoms with Crippen molar-refractivity contribution in [2.45, 2.75) is 0 Å². The highest BCUT2D eigenvalue weighted by molar-refractivity contribution is 5.96. The van der Waals surface area contributed by atoms with Crippen molar-refractivity contribution in [1.82, 2.24) is 30.4 Å². The topological polar surface area (TPSA) is 157 Å². The molecule has 1 amide bonds. The fourth-order valence-electron chi connectivity index (χ4n) is 2.70. The standard InChI is InChI=1S/C16H17N9O3/c1-23-4-6-24(7-5-23)16(26)11-2-3-13(14(8-11)25(27)28)18-10-12(9-17)15-19-21-22-20-15/h2-3,8,10,18H,4-7H2,1H3,(H,19,20,21,22). The summed E-state index contributed by atoms with van der Waals surface area (Å²) >= 11 is 0. The third-order valence-corrected chi connectivity index (χ3v) is 4.31. The molecule has 28 heavy (non-hydrogen) atoms. The maximum atomic E-state index is 12.6. The Morgan fingerprint density at radius 2 is 2.14 bits per heavy atom. The Bertz CT molecular complexity index is 941. The minimum Gasteiger partial charge on any atom is -0.355 e. The number of hydrogen-bond acceptors (Lipinski definition) is 9. The zero-order chi connectivity index (χ0) is 20.1. The first kappa shape index (κ1) is 18.9. The van der Waals surface area contributed by atoms with Gasteiger partial charge in [0.25, 0.3) is 11.6 Å².